The molecule has 0 bridgehead atoms. The van der Waals surface area contributed by atoms with Gasteiger partial charge >= 0.3 is 0 Å². The summed E-state index contributed by atoms with van der Waals surface area (Å²) in [4.78, 5) is 12.4. The van der Waals surface area contributed by atoms with Crippen molar-refractivity contribution in [2.24, 2.45) is 5.73 Å². The number of amides is 1. The summed E-state index contributed by atoms with van der Waals surface area (Å²) < 4.78 is 13.8. The van der Waals surface area contributed by atoms with E-state index in [1.807, 2.05) is 6.92 Å². The van der Waals surface area contributed by atoms with E-state index in [4.69, 9.17) is 5.73 Å². The molecule has 94 valence electrons. The van der Waals surface area contributed by atoms with E-state index < -0.39 is 17.8 Å². The van der Waals surface area contributed by atoms with E-state index in [1.165, 1.54) is 6.07 Å². The summed E-state index contributed by atoms with van der Waals surface area (Å²) in [5.41, 5.74) is 5.91. The highest BCUT2D eigenvalue weighted by atomic mass is 19.1. The molecule has 4 nitrogen and oxygen atoms in total. The van der Waals surface area contributed by atoms with Gasteiger partial charge in [0.25, 0.3) is 0 Å². The van der Waals surface area contributed by atoms with E-state index in [0.29, 0.717) is 17.8 Å². The lowest BCUT2D eigenvalue weighted by Crippen LogP contribution is -2.34. The molecule has 1 atom stereocenters. The Bertz CT molecular complexity index is 407. The molecule has 0 aliphatic heterocycles. The van der Waals surface area contributed by atoms with E-state index in [1.54, 1.807) is 24.0 Å². The largest absolute Gasteiger partial charge is 0.389 e. The SMILES string of the molecule is CCN(CC(N)=O)c1ccc([C@H](C)O)cc1F. The first-order valence-corrected chi connectivity index (χ1v) is 5.46. The lowest BCUT2D eigenvalue weighted by atomic mass is 10.1. The number of aliphatic hydroxyl groups is 1. The third-order valence-corrected chi connectivity index (χ3v) is 2.52. The van der Waals surface area contributed by atoms with Gasteiger partial charge < -0.3 is 15.7 Å². The normalized spacial score (nSPS) is 12.2. The number of carbonyl (C=O) groups is 1. The molecule has 5 heteroatoms. The van der Waals surface area contributed by atoms with Gasteiger partial charge in [-0.1, -0.05) is 6.07 Å². The molecule has 3 N–H and O–H groups in total. The standard InChI is InChI=1S/C12H17FN2O2/c1-3-15(7-12(14)17)11-5-4-9(8(2)16)6-10(11)13/h4-6,8,16H,3,7H2,1-2H3,(H2,14,17)/t8-/m0/s1. The molecule has 0 heterocycles. The maximum atomic E-state index is 13.8. The molecule has 1 rings (SSSR count). The minimum atomic E-state index is -0.718. The van der Waals surface area contributed by atoms with Crippen LogP contribution in [0, 0.1) is 5.82 Å². The molecule has 0 fully saturated rings. The van der Waals surface area contributed by atoms with Crippen LogP contribution in [-0.4, -0.2) is 24.1 Å². The first-order valence-electron chi connectivity index (χ1n) is 5.46. The van der Waals surface area contributed by atoms with Crippen LogP contribution in [-0.2, 0) is 4.79 Å². The lowest BCUT2D eigenvalue weighted by molar-refractivity contribution is -0.116. The van der Waals surface area contributed by atoms with Crippen LogP contribution in [0.1, 0.15) is 25.5 Å². The molecule has 0 aromatic heterocycles. The Kier molecular flexibility index (Phi) is 4.45. The molecule has 17 heavy (non-hydrogen) atoms. The molecule has 1 aromatic rings. The van der Waals surface area contributed by atoms with E-state index in [0.717, 1.165) is 0 Å². The number of carbonyl (C=O) groups excluding carboxylic acids is 1. The zero-order valence-corrected chi connectivity index (χ0v) is 9.98. The molecule has 0 spiro atoms. The van der Waals surface area contributed by atoms with E-state index in [2.05, 4.69) is 0 Å². The maximum absolute atomic E-state index is 13.8. The van der Waals surface area contributed by atoms with Crippen molar-refractivity contribution in [3.8, 4) is 0 Å². The summed E-state index contributed by atoms with van der Waals surface area (Å²) >= 11 is 0. The predicted molar refractivity (Wildman–Crippen MR) is 64.1 cm³/mol. The van der Waals surface area contributed by atoms with Crippen molar-refractivity contribution in [1.29, 1.82) is 0 Å². The predicted octanol–water partition coefficient (Wildman–Crippen LogP) is 1.19. The first-order chi connectivity index (χ1) is 7.95. The number of halogens is 1. The average molecular weight is 240 g/mol. The van der Waals surface area contributed by atoms with Gasteiger partial charge in [-0.15, -0.1) is 0 Å². The second-order valence-corrected chi connectivity index (χ2v) is 3.87. The van der Waals surface area contributed by atoms with Crippen LogP contribution in [0.3, 0.4) is 0 Å². The molecule has 0 saturated heterocycles. The summed E-state index contributed by atoms with van der Waals surface area (Å²) in [6, 6.07) is 4.44. The van der Waals surface area contributed by atoms with Gasteiger partial charge in [0.2, 0.25) is 5.91 Å². The van der Waals surface area contributed by atoms with Crippen molar-refractivity contribution in [3.63, 3.8) is 0 Å². The summed E-state index contributed by atoms with van der Waals surface area (Å²) in [6.45, 7) is 3.83. The van der Waals surface area contributed by atoms with Crippen molar-refractivity contribution in [1.82, 2.24) is 0 Å². The number of nitrogens with zero attached hydrogens (tertiary/aromatic N) is 1. The topological polar surface area (TPSA) is 66.6 Å². The van der Waals surface area contributed by atoms with Crippen LogP contribution in [0.4, 0.5) is 10.1 Å². The van der Waals surface area contributed by atoms with Gasteiger partial charge in [-0.3, -0.25) is 4.79 Å². The van der Waals surface area contributed by atoms with Gasteiger partial charge in [-0.2, -0.15) is 0 Å². The zero-order chi connectivity index (χ0) is 13.0. The molecule has 0 saturated carbocycles. The van der Waals surface area contributed by atoms with Crippen LogP contribution in [0.15, 0.2) is 18.2 Å². The van der Waals surface area contributed by atoms with E-state index in [9.17, 15) is 14.3 Å². The Hall–Kier alpha value is -1.62. The monoisotopic (exact) mass is 240 g/mol. The number of likely N-dealkylation sites (N-methyl/N-ethyl adjacent to an activating group) is 1. The highest BCUT2D eigenvalue weighted by Gasteiger charge is 2.13. The van der Waals surface area contributed by atoms with Gasteiger partial charge in [0.15, 0.2) is 0 Å². The van der Waals surface area contributed by atoms with Crippen LogP contribution in [0.5, 0.6) is 0 Å². The van der Waals surface area contributed by atoms with E-state index >= 15 is 0 Å². The summed E-state index contributed by atoms with van der Waals surface area (Å²) in [5, 5.41) is 9.33. The number of aliphatic hydroxyl groups excluding tert-OH is 1. The Morgan fingerprint density at radius 1 is 1.59 bits per heavy atom. The van der Waals surface area contributed by atoms with Crippen molar-refractivity contribution >= 4 is 11.6 Å². The van der Waals surface area contributed by atoms with Crippen LogP contribution < -0.4 is 10.6 Å². The number of hydrogen-bond donors (Lipinski definition) is 2. The Labute approximate surface area is 99.8 Å². The molecular formula is C12H17FN2O2. The van der Waals surface area contributed by atoms with Gasteiger partial charge in [-0.25, -0.2) is 4.39 Å². The Balaban J connectivity index is 3.00. The van der Waals surface area contributed by atoms with Crippen LogP contribution in [0.25, 0.3) is 0 Å². The zero-order valence-electron chi connectivity index (χ0n) is 9.98. The molecule has 1 aromatic carbocycles. The number of anilines is 1. The summed E-state index contributed by atoms with van der Waals surface area (Å²) in [6.07, 6.45) is -0.718. The van der Waals surface area contributed by atoms with Crippen molar-refractivity contribution in [3.05, 3.63) is 29.6 Å². The maximum Gasteiger partial charge on any atom is 0.236 e. The van der Waals surface area contributed by atoms with Crippen molar-refractivity contribution < 1.29 is 14.3 Å². The quantitative estimate of drug-likeness (QED) is 0.812. The summed E-state index contributed by atoms with van der Waals surface area (Å²) in [5.74, 6) is -0.975. The highest BCUT2D eigenvalue weighted by molar-refractivity contribution is 5.79. The molecule has 0 aliphatic carbocycles. The first kappa shape index (κ1) is 13.4. The highest BCUT2D eigenvalue weighted by Crippen LogP contribution is 2.23. The van der Waals surface area contributed by atoms with Gasteiger partial charge in [-0.05, 0) is 31.5 Å². The molecule has 0 aliphatic rings. The molecule has 1 amide bonds. The fourth-order valence-corrected chi connectivity index (χ4v) is 1.59. The van der Waals surface area contributed by atoms with Crippen molar-refractivity contribution in [2.75, 3.05) is 18.0 Å². The smallest absolute Gasteiger partial charge is 0.236 e. The minimum Gasteiger partial charge on any atom is -0.389 e. The fraction of sp³-hybridized carbons (Fsp3) is 0.417. The number of primary amides is 1. The van der Waals surface area contributed by atoms with Crippen LogP contribution in [0.2, 0.25) is 0 Å². The summed E-state index contributed by atoms with van der Waals surface area (Å²) in [7, 11) is 0. The molecule has 0 radical (unpaired) electrons. The average Bonchev–Trinajstić information content (AvgIpc) is 2.25. The van der Waals surface area contributed by atoms with Gasteiger partial charge in [0.05, 0.1) is 18.3 Å². The Morgan fingerprint density at radius 2 is 2.24 bits per heavy atom. The second-order valence-electron chi connectivity index (χ2n) is 3.87. The van der Waals surface area contributed by atoms with E-state index in [-0.39, 0.29) is 6.54 Å². The lowest BCUT2D eigenvalue weighted by Gasteiger charge is -2.22. The number of hydrogen-bond acceptors (Lipinski definition) is 3. The third-order valence-electron chi connectivity index (χ3n) is 2.52. The van der Waals surface area contributed by atoms with Crippen LogP contribution >= 0.6 is 0 Å². The van der Waals surface area contributed by atoms with Gasteiger partial charge in [0, 0.05) is 6.54 Å². The fourth-order valence-electron chi connectivity index (χ4n) is 1.59. The number of nitrogens with two attached hydrogens (primary N) is 1. The molecular weight excluding hydrogens is 223 g/mol. The number of benzene rings is 1. The molecule has 0 unspecified atom stereocenters. The third kappa shape index (κ3) is 3.42. The van der Waals surface area contributed by atoms with Gasteiger partial charge in [0.1, 0.15) is 5.82 Å². The van der Waals surface area contributed by atoms with Crippen molar-refractivity contribution in [2.45, 2.75) is 20.0 Å². The Morgan fingerprint density at radius 3 is 2.65 bits per heavy atom. The number of rotatable bonds is 5. The second kappa shape index (κ2) is 5.63. The minimum absolute atomic E-state index is 0.0263.